The third-order valence-corrected chi connectivity index (χ3v) is 5.11. The summed E-state index contributed by atoms with van der Waals surface area (Å²) in [6.45, 7) is 0.175. The Balaban J connectivity index is 1.44. The van der Waals surface area contributed by atoms with Gasteiger partial charge in [-0.25, -0.2) is 9.59 Å². The molecule has 0 unspecified atom stereocenters. The second-order valence-corrected chi connectivity index (χ2v) is 6.83. The van der Waals surface area contributed by atoms with Crippen LogP contribution in [0.2, 0.25) is 0 Å². The molecule has 1 aromatic heterocycles. The normalized spacial score (nSPS) is 13.3. The number of carbonyl (C=O) groups is 2. The minimum Gasteiger partial charge on any atom is -0.469 e. The van der Waals surface area contributed by atoms with E-state index < -0.39 is 18.1 Å². The van der Waals surface area contributed by atoms with Crippen molar-refractivity contribution in [3.63, 3.8) is 0 Å². The zero-order chi connectivity index (χ0) is 20.2. The van der Waals surface area contributed by atoms with Gasteiger partial charge in [-0.15, -0.1) is 0 Å². The van der Waals surface area contributed by atoms with E-state index in [1.807, 2.05) is 24.3 Å². The first kappa shape index (κ1) is 18.8. The number of ether oxygens (including phenoxy) is 2. The molecule has 0 radical (unpaired) electrons. The van der Waals surface area contributed by atoms with Gasteiger partial charge in [0.05, 0.1) is 13.4 Å². The highest BCUT2D eigenvalue weighted by Crippen LogP contribution is 2.44. The van der Waals surface area contributed by atoms with E-state index in [2.05, 4.69) is 29.6 Å². The second kappa shape index (κ2) is 8.22. The fraction of sp³-hybridized carbons (Fsp3) is 0.217. The van der Waals surface area contributed by atoms with E-state index in [0.29, 0.717) is 5.76 Å². The highest BCUT2D eigenvalue weighted by Gasteiger charge is 2.30. The maximum atomic E-state index is 12.4. The molecule has 3 aromatic rings. The Morgan fingerprint density at radius 2 is 1.66 bits per heavy atom. The van der Waals surface area contributed by atoms with Gasteiger partial charge in [-0.1, -0.05) is 48.5 Å². The van der Waals surface area contributed by atoms with Gasteiger partial charge in [0.15, 0.2) is 0 Å². The van der Waals surface area contributed by atoms with E-state index in [1.54, 1.807) is 12.1 Å². The van der Waals surface area contributed by atoms with Gasteiger partial charge in [-0.05, 0) is 34.4 Å². The molecule has 29 heavy (non-hydrogen) atoms. The van der Waals surface area contributed by atoms with E-state index in [9.17, 15) is 9.59 Å². The number of methoxy groups -OCH3 is 1. The number of furan rings is 1. The average molecular weight is 391 g/mol. The Kier molecular flexibility index (Phi) is 5.33. The van der Waals surface area contributed by atoms with Gasteiger partial charge in [-0.2, -0.15) is 0 Å². The lowest BCUT2D eigenvalue weighted by molar-refractivity contribution is -0.143. The molecule has 0 aliphatic heterocycles. The van der Waals surface area contributed by atoms with Crippen LogP contribution in [-0.4, -0.2) is 31.8 Å². The van der Waals surface area contributed by atoms with Crippen LogP contribution in [0.4, 0.5) is 4.79 Å². The zero-order valence-electron chi connectivity index (χ0n) is 16.0. The van der Waals surface area contributed by atoms with E-state index in [1.165, 1.54) is 13.4 Å². The molecule has 6 heteroatoms. The lowest BCUT2D eigenvalue weighted by Gasteiger charge is -2.18. The van der Waals surface area contributed by atoms with Crippen LogP contribution in [0.3, 0.4) is 0 Å². The minimum atomic E-state index is -0.887. The van der Waals surface area contributed by atoms with Crippen LogP contribution in [0, 0.1) is 0 Å². The number of esters is 1. The number of alkyl carbamates (subject to hydrolysis) is 1. The van der Waals surface area contributed by atoms with Gasteiger partial charge in [0.1, 0.15) is 18.4 Å². The summed E-state index contributed by atoms with van der Waals surface area (Å²) in [7, 11) is 1.27. The number of carbonyl (C=O) groups excluding carboxylic acids is 2. The van der Waals surface area contributed by atoms with Crippen molar-refractivity contribution < 1.29 is 23.5 Å². The number of rotatable bonds is 6. The van der Waals surface area contributed by atoms with Gasteiger partial charge in [-0.3, -0.25) is 0 Å². The largest absolute Gasteiger partial charge is 0.469 e. The van der Waals surface area contributed by atoms with Crippen LogP contribution in [0.15, 0.2) is 71.3 Å². The van der Waals surface area contributed by atoms with Crippen LogP contribution in [0.1, 0.15) is 22.8 Å². The fourth-order valence-electron chi connectivity index (χ4n) is 3.75. The Bertz CT molecular complexity index is 966. The number of fused-ring (bicyclic) bond motifs is 3. The van der Waals surface area contributed by atoms with Gasteiger partial charge in [0.2, 0.25) is 0 Å². The lowest BCUT2D eigenvalue weighted by Crippen LogP contribution is -2.43. The molecule has 0 bridgehead atoms. The predicted octanol–water partition coefficient (Wildman–Crippen LogP) is 3.90. The number of hydrogen-bond acceptors (Lipinski definition) is 5. The smallest absolute Gasteiger partial charge is 0.407 e. The first-order chi connectivity index (χ1) is 14.2. The summed E-state index contributed by atoms with van der Waals surface area (Å²) in [6.07, 6.45) is 1.02. The number of hydrogen-bond donors (Lipinski definition) is 1. The highest BCUT2D eigenvalue weighted by atomic mass is 16.6. The van der Waals surface area contributed by atoms with Crippen molar-refractivity contribution in [1.82, 2.24) is 5.32 Å². The first-order valence-electron chi connectivity index (χ1n) is 9.39. The molecule has 0 fully saturated rings. The van der Waals surface area contributed by atoms with E-state index >= 15 is 0 Å². The Morgan fingerprint density at radius 3 is 2.24 bits per heavy atom. The van der Waals surface area contributed by atoms with Gasteiger partial charge in [0.25, 0.3) is 0 Å². The van der Waals surface area contributed by atoms with Crippen LogP contribution in [0.5, 0.6) is 0 Å². The molecule has 148 valence electrons. The fourth-order valence-corrected chi connectivity index (χ4v) is 3.75. The topological polar surface area (TPSA) is 77.8 Å². The molecule has 1 amide bonds. The monoisotopic (exact) mass is 391 g/mol. The summed E-state index contributed by atoms with van der Waals surface area (Å²) in [6, 6.07) is 18.8. The van der Waals surface area contributed by atoms with Crippen molar-refractivity contribution >= 4 is 12.1 Å². The quantitative estimate of drug-likeness (QED) is 0.645. The highest BCUT2D eigenvalue weighted by molar-refractivity contribution is 5.82. The van der Waals surface area contributed by atoms with Gasteiger partial charge < -0.3 is 19.2 Å². The number of nitrogens with one attached hydrogen (secondary N) is 1. The van der Waals surface area contributed by atoms with Gasteiger partial charge in [0, 0.05) is 12.3 Å². The minimum absolute atomic E-state index is 0.0465. The Hall–Kier alpha value is -3.54. The summed E-state index contributed by atoms with van der Waals surface area (Å²) in [5.41, 5.74) is 4.56. The van der Waals surface area contributed by atoms with Crippen molar-refractivity contribution in [3.05, 3.63) is 83.8 Å². The Morgan fingerprint density at radius 1 is 1.00 bits per heavy atom. The van der Waals surface area contributed by atoms with Crippen molar-refractivity contribution in [2.45, 2.75) is 18.4 Å². The zero-order valence-corrected chi connectivity index (χ0v) is 16.0. The number of amides is 1. The molecule has 1 atom stereocenters. The molecular formula is C23H21NO5. The summed E-state index contributed by atoms with van der Waals surface area (Å²) in [5.74, 6) is -0.0379. The van der Waals surface area contributed by atoms with Crippen LogP contribution >= 0.6 is 0 Å². The molecule has 1 aliphatic carbocycles. The molecule has 2 aromatic carbocycles. The van der Waals surface area contributed by atoms with E-state index in [0.717, 1.165) is 22.3 Å². The van der Waals surface area contributed by atoms with Crippen LogP contribution in [0.25, 0.3) is 11.1 Å². The number of benzene rings is 2. The molecule has 0 saturated carbocycles. The van der Waals surface area contributed by atoms with Crippen molar-refractivity contribution in [1.29, 1.82) is 0 Å². The summed E-state index contributed by atoms with van der Waals surface area (Å²) in [5, 5.41) is 2.58. The first-order valence-corrected chi connectivity index (χ1v) is 9.39. The van der Waals surface area contributed by atoms with Crippen molar-refractivity contribution in [2.24, 2.45) is 0 Å². The third-order valence-electron chi connectivity index (χ3n) is 5.11. The molecule has 6 nitrogen and oxygen atoms in total. The predicted molar refractivity (Wildman–Crippen MR) is 106 cm³/mol. The van der Waals surface area contributed by atoms with Crippen LogP contribution < -0.4 is 5.32 Å². The molecule has 4 rings (SSSR count). The molecular weight excluding hydrogens is 370 g/mol. The van der Waals surface area contributed by atoms with Crippen LogP contribution in [-0.2, 0) is 20.7 Å². The van der Waals surface area contributed by atoms with E-state index in [4.69, 9.17) is 13.9 Å². The molecule has 1 aliphatic rings. The molecule has 1 heterocycles. The maximum Gasteiger partial charge on any atom is 0.407 e. The third kappa shape index (κ3) is 3.87. The molecule has 0 spiro atoms. The SMILES string of the molecule is COC(=O)[C@H](Cc1ccco1)NC(=O)OCC1c2ccccc2-c2ccccc21. The summed E-state index contributed by atoms with van der Waals surface area (Å²) < 4.78 is 15.5. The standard InChI is InChI=1S/C23H21NO5/c1-27-22(25)21(13-15-7-6-12-28-15)24-23(26)29-14-20-18-10-4-2-8-16(18)17-9-3-5-11-19(17)20/h2-12,20-21H,13-14H2,1H3,(H,24,26)/t21-/m0/s1. The van der Waals surface area contributed by atoms with Crippen molar-refractivity contribution in [2.75, 3.05) is 13.7 Å². The summed E-state index contributed by atoms with van der Waals surface area (Å²) >= 11 is 0. The van der Waals surface area contributed by atoms with Gasteiger partial charge >= 0.3 is 12.1 Å². The summed E-state index contributed by atoms with van der Waals surface area (Å²) in [4.78, 5) is 24.4. The van der Waals surface area contributed by atoms with E-state index in [-0.39, 0.29) is 18.9 Å². The second-order valence-electron chi connectivity index (χ2n) is 6.83. The molecule has 1 N–H and O–H groups in total. The van der Waals surface area contributed by atoms with Crippen molar-refractivity contribution in [3.8, 4) is 11.1 Å². The lowest BCUT2D eigenvalue weighted by atomic mass is 9.98. The maximum absolute atomic E-state index is 12.4. The molecule has 0 saturated heterocycles. The average Bonchev–Trinajstić information content (AvgIpc) is 3.37. The Labute approximate surface area is 168 Å².